The molecule has 0 heterocycles. The number of aliphatic hydroxyl groups excluding tert-OH is 3. The summed E-state index contributed by atoms with van der Waals surface area (Å²) in [5, 5.41) is 26.1. The molecule has 0 aliphatic carbocycles. The van der Waals surface area contributed by atoms with E-state index in [1.807, 2.05) is 0 Å². The summed E-state index contributed by atoms with van der Waals surface area (Å²) in [6.45, 7) is 38.8. The summed E-state index contributed by atoms with van der Waals surface area (Å²) in [6, 6.07) is 2.50. The van der Waals surface area contributed by atoms with E-state index >= 15 is 0 Å². The van der Waals surface area contributed by atoms with E-state index in [1.54, 1.807) is 0 Å². The van der Waals surface area contributed by atoms with Crippen molar-refractivity contribution in [3.63, 3.8) is 0 Å². The van der Waals surface area contributed by atoms with Crippen LogP contribution in [0.15, 0.2) is 0 Å². The van der Waals surface area contributed by atoms with Crippen LogP contribution in [-0.4, -0.2) is 426 Å². The van der Waals surface area contributed by atoms with Gasteiger partial charge >= 0.3 is 17.1 Å². The Labute approximate surface area is 640 Å². The second-order valence-corrected chi connectivity index (χ2v) is 39.1. The molecular formula is C69H148O33Si4. The molecule has 3 unspecified atom stereocenters. The molecule has 106 heavy (non-hydrogen) atoms. The number of ether oxygens (including phenoxy) is 27. The van der Waals surface area contributed by atoms with Crippen LogP contribution in [0, 0.1) is 0 Å². The van der Waals surface area contributed by atoms with E-state index in [0.29, 0.717) is 357 Å². The fourth-order valence-electron chi connectivity index (χ4n) is 9.09. The predicted octanol–water partition coefficient (Wildman–Crippen LogP) is 2.96. The normalized spacial score (nSPS) is 13.6. The molecule has 0 aromatic carbocycles. The van der Waals surface area contributed by atoms with E-state index in [4.69, 9.17) is 156 Å². The molecule has 3 N–H and O–H groups in total. The third-order valence-corrected chi connectivity index (χ3v) is 28.8. The molecule has 0 saturated heterocycles. The van der Waals surface area contributed by atoms with Gasteiger partial charge in [0.1, 0.15) is 0 Å². The van der Waals surface area contributed by atoms with Crippen LogP contribution in [0.2, 0.25) is 57.4 Å². The quantitative estimate of drug-likeness (QED) is 0.0582. The van der Waals surface area contributed by atoms with Gasteiger partial charge in [0.2, 0.25) is 0 Å². The van der Waals surface area contributed by atoms with Crippen molar-refractivity contribution in [2.45, 2.75) is 76.7 Å². The Morgan fingerprint density at radius 1 is 0.189 bits per heavy atom. The van der Waals surface area contributed by atoms with Gasteiger partial charge in [0, 0.05) is 19.8 Å². The van der Waals surface area contributed by atoms with E-state index in [0.717, 1.165) is 37.4 Å². The lowest BCUT2D eigenvalue weighted by Crippen LogP contribution is -2.57. The van der Waals surface area contributed by atoms with Gasteiger partial charge in [-0.15, -0.1) is 0 Å². The summed E-state index contributed by atoms with van der Waals surface area (Å²) in [7, 11) is -9.21. The molecule has 0 radical (unpaired) electrons. The average molecular weight is 1620 g/mol. The van der Waals surface area contributed by atoms with Gasteiger partial charge in [0.15, 0.2) is 17.4 Å². The molecule has 0 aromatic heterocycles. The van der Waals surface area contributed by atoms with Crippen LogP contribution in [-0.2, 0) is 140 Å². The molecule has 37 heteroatoms. The number of aliphatic hydroxyl groups is 3. The fraction of sp³-hybridized carbons (Fsp3) is 1.00. The van der Waals surface area contributed by atoms with Gasteiger partial charge in [-0.05, 0) is 76.7 Å². The highest BCUT2D eigenvalue weighted by atomic mass is 28.5. The van der Waals surface area contributed by atoms with Gasteiger partial charge in [-0.1, -0.05) is 0 Å². The van der Waals surface area contributed by atoms with E-state index in [2.05, 4.69) is 39.3 Å². The zero-order chi connectivity index (χ0) is 76.8. The fourth-order valence-corrected chi connectivity index (χ4v) is 27.0. The number of hydrogen-bond acceptors (Lipinski definition) is 33. The second kappa shape index (κ2) is 86.9. The van der Waals surface area contributed by atoms with Crippen molar-refractivity contribution in [2.75, 3.05) is 377 Å². The van der Waals surface area contributed by atoms with Crippen molar-refractivity contribution in [2.24, 2.45) is 0 Å². The Morgan fingerprint density at radius 3 is 0.509 bits per heavy atom. The standard InChI is InChI=1S/C69H148O33Si4/c1-103(67-7-13-73-19-25-79-31-37-85-43-49-91-55-61-97-64-58-94-52-46-88-40-34-82-28-22-76-16-10-70)100-105(5,68-8-14-74-20-26-80-32-38-86-44-50-92-56-62-98-65-59-95-53-47-89-41-35-83-29-23-77-17-11-71)102-106(6,101-104(2,3)4)69-9-15-75-21-27-81-33-39-87-45-51-93-57-63-99-66-60-96-54-48-90-42-36-84-30-24-78-18-12-72/h70-72,103H,7-69H2,1-6H3. The first-order valence-corrected chi connectivity index (χ1v) is 49.4. The highest BCUT2D eigenvalue weighted by molar-refractivity contribution is 6.88. The molecule has 3 atom stereocenters. The lowest BCUT2D eigenvalue weighted by Gasteiger charge is -2.41. The summed E-state index contributed by atoms with van der Waals surface area (Å²) in [5.74, 6) is 0. The Hall–Kier alpha value is -0.452. The Morgan fingerprint density at radius 2 is 0.340 bits per heavy atom. The maximum atomic E-state index is 8.69. The highest BCUT2D eigenvalue weighted by Crippen LogP contribution is 2.30. The van der Waals surface area contributed by atoms with Crippen molar-refractivity contribution in [3.8, 4) is 0 Å². The van der Waals surface area contributed by atoms with Gasteiger partial charge < -0.3 is 156 Å². The van der Waals surface area contributed by atoms with Crippen molar-refractivity contribution >= 4 is 34.5 Å². The molecule has 0 rings (SSSR count). The molecule has 0 fully saturated rings. The first-order chi connectivity index (χ1) is 52.0. The van der Waals surface area contributed by atoms with E-state index in [1.165, 1.54) is 0 Å². The first-order valence-electron chi connectivity index (χ1n) is 38.5. The average Bonchev–Trinajstić information content (AvgIpc) is 0.818. The first kappa shape index (κ1) is 106. The molecule has 0 saturated carbocycles. The maximum absolute atomic E-state index is 8.69. The molecule has 33 nitrogen and oxygen atoms in total. The predicted molar refractivity (Wildman–Crippen MR) is 404 cm³/mol. The van der Waals surface area contributed by atoms with Gasteiger partial charge in [-0.2, -0.15) is 0 Å². The minimum Gasteiger partial charge on any atom is -0.439 e. The summed E-state index contributed by atoms with van der Waals surface area (Å²) in [4.78, 5) is 0. The van der Waals surface area contributed by atoms with Crippen molar-refractivity contribution < 1.29 is 156 Å². The van der Waals surface area contributed by atoms with Crippen molar-refractivity contribution in [3.05, 3.63) is 0 Å². The number of rotatable bonds is 96. The maximum Gasteiger partial charge on any atom is 0.315 e. The molecule has 0 spiro atoms. The summed E-state index contributed by atoms with van der Waals surface area (Å²) in [6.07, 6.45) is 2.47. The van der Waals surface area contributed by atoms with Crippen LogP contribution in [0.4, 0.5) is 0 Å². The minimum absolute atomic E-state index is 0.00918. The third-order valence-electron chi connectivity index (χ3n) is 13.8. The lowest BCUT2D eigenvalue weighted by atomic mass is 10.5. The molecular weight excluding hydrogens is 1470 g/mol. The summed E-state index contributed by atoms with van der Waals surface area (Å²) >= 11 is 0. The monoisotopic (exact) mass is 1620 g/mol. The third kappa shape index (κ3) is 87.5. The zero-order valence-electron chi connectivity index (χ0n) is 66.2. The van der Waals surface area contributed by atoms with Gasteiger partial charge in [-0.25, -0.2) is 0 Å². The van der Waals surface area contributed by atoms with Crippen molar-refractivity contribution in [1.82, 2.24) is 0 Å². The van der Waals surface area contributed by atoms with Crippen LogP contribution >= 0.6 is 0 Å². The summed E-state index contributed by atoms with van der Waals surface area (Å²) in [5.41, 5.74) is 0. The van der Waals surface area contributed by atoms with Crippen LogP contribution < -0.4 is 0 Å². The van der Waals surface area contributed by atoms with Crippen LogP contribution in [0.5, 0.6) is 0 Å². The Kier molecular flexibility index (Phi) is 86.6. The van der Waals surface area contributed by atoms with Gasteiger partial charge in [-0.3, -0.25) is 0 Å². The second-order valence-electron chi connectivity index (χ2n) is 24.6. The molecule has 638 valence electrons. The smallest absolute Gasteiger partial charge is 0.315 e. The zero-order valence-corrected chi connectivity index (χ0v) is 70.4. The van der Waals surface area contributed by atoms with E-state index in [-0.39, 0.29) is 19.8 Å². The topological polar surface area (TPSA) is 338 Å². The molecule has 0 amide bonds. The Balaban J connectivity index is 4.59. The van der Waals surface area contributed by atoms with E-state index < -0.39 is 34.5 Å². The largest absolute Gasteiger partial charge is 0.439 e. The molecule has 0 aliphatic heterocycles. The van der Waals surface area contributed by atoms with Gasteiger partial charge in [0.25, 0.3) is 0 Å². The lowest BCUT2D eigenvalue weighted by molar-refractivity contribution is -0.0255. The van der Waals surface area contributed by atoms with Crippen LogP contribution in [0.1, 0.15) is 19.3 Å². The molecule has 0 aliphatic rings. The molecule has 0 bridgehead atoms. The SMILES string of the molecule is C[SiH](CCCOCCOCCOCCOCCOCCOCCOCCOCCOCCO)O[Si](C)(CCCOCCOCCOCCOCCOCCOCCOCCOCCOCCO)O[Si](C)(CCCOCCOCCOCCOCCOCCOCCOCCOCCOCCO)O[Si](C)(C)C. The van der Waals surface area contributed by atoms with E-state index in [9.17, 15) is 0 Å². The minimum atomic E-state index is -2.76. The molecule has 0 aromatic rings. The van der Waals surface area contributed by atoms with Crippen molar-refractivity contribution in [1.29, 1.82) is 0 Å². The summed E-state index contributed by atoms with van der Waals surface area (Å²) < 4.78 is 172. The van der Waals surface area contributed by atoms with Gasteiger partial charge in [0.05, 0.1) is 357 Å². The number of hydrogen-bond donors (Lipinski definition) is 3. The van der Waals surface area contributed by atoms with Crippen LogP contribution in [0.25, 0.3) is 0 Å². The van der Waals surface area contributed by atoms with Crippen LogP contribution in [0.3, 0.4) is 0 Å². The Bertz CT molecular complexity index is 1670. The highest BCUT2D eigenvalue weighted by Gasteiger charge is 2.45.